The van der Waals surface area contributed by atoms with Crippen LogP contribution in [-0.2, 0) is 32.2 Å². The van der Waals surface area contributed by atoms with Gasteiger partial charge in [0.05, 0.1) is 19.2 Å². The monoisotopic (exact) mass is 430 g/mol. The minimum Gasteiger partial charge on any atom is -0.376 e. The highest BCUT2D eigenvalue weighted by Gasteiger charge is 2.26. The molecule has 6 nitrogen and oxygen atoms in total. The molecule has 0 spiro atoms. The number of hydrogen-bond donors (Lipinski definition) is 0. The van der Waals surface area contributed by atoms with Crippen molar-refractivity contribution in [3.05, 3.63) is 57.8 Å². The summed E-state index contributed by atoms with van der Waals surface area (Å²) in [7, 11) is 1.49. The maximum absolute atomic E-state index is 13.3. The fourth-order valence-corrected chi connectivity index (χ4v) is 4.46. The van der Waals surface area contributed by atoms with Crippen molar-refractivity contribution in [1.82, 2.24) is 9.80 Å². The predicted octanol–water partition coefficient (Wildman–Crippen LogP) is 3.24. The zero-order valence-electron chi connectivity index (χ0n) is 17.7. The SMILES string of the molecule is COCC(=O)N(CC(=O)N(Cc1ccccc1)Cc1sccc1C)CC1CCCO1. The van der Waals surface area contributed by atoms with Crippen LogP contribution in [0.5, 0.6) is 0 Å². The van der Waals surface area contributed by atoms with Crippen molar-refractivity contribution in [3.63, 3.8) is 0 Å². The van der Waals surface area contributed by atoms with Crippen LogP contribution < -0.4 is 0 Å². The largest absolute Gasteiger partial charge is 0.376 e. The summed E-state index contributed by atoms with van der Waals surface area (Å²) in [5.41, 5.74) is 2.24. The molecule has 1 aliphatic rings. The Kier molecular flexibility index (Phi) is 8.42. The van der Waals surface area contributed by atoms with E-state index in [2.05, 4.69) is 13.0 Å². The van der Waals surface area contributed by atoms with E-state index in [1.165, 1.54) is 12.7 Å². The number of nitrogens with zero attached hydrogens (tertiary/aromatic N) is 2. The fourth-order valence-electron chi connectivity index (χ4n) is 3.54. The predicted molar refractivity (Wildman–Crippen MR) is 117 cm³/mol. The molecule has 1 fully saturated rings. The highest BCUT2D eigenvalue weighted by Crippen LogP contribution is 2.20. The van der Waals surface area contributed by atoms with Crippen molar-refractivity contribution in [2.24, 2.45) is 0 Å². The average molecular weight is 431 g/mol. The van der Waals surface area contributed by atoms with Crippen LogP contribution in [0.2, 0.25) is 0 Å². The Hall–Kier alpha value is -2.22. The van der Waals surface area contributed by atoms with Gasteiger partial charge in [0, 0.05) is 31.7 Å². The minimum absolute atomic E-state index is 0.0132. The van der Waals surface area contributed by atoms with E-state index in [9.17, 15) is 9.59 Å². The first-order valence-electron chi connectivity index (χ1n) is 10.3. The third kappa shape index (κ3) is 6.39. The molecule has 1 saturated heterocycles. The van der Waals surface area contributed by atoms with Crippen molar-refractivity contribution in [2.75, 3.05) is 33.4 Å². The second-order valence-corrected chi connectivity index (χ2v) is 8.61. The van der Waals surface area contributed by atoms with Gasteiger partial charge in [-0.15, -0.1) is 11.3 Å². The van der Waals surface area contributed by atoms with Crippen LogP contribution in [0, 0.1) is 6.92 Å². The number of methoxy groups -OCH3 is 1. The number of rotatable bonds is 10. The normalized spacial score (nSPS) is 15.9. The third-order valence-electron chi connectivity index (χ3n) is 5.27. The highest BCUT2D eigenvalue weighted by atomic mass is 32.1. The van der Waals surface area contributed by atoms with E-state index in [1.54, 1.807) is 16.2 Å². The Morgan fingerprint density at radius 2 is 1.93 bits per heavy atom. The van der Waals surface area contributed by atoms with Crippen molar-refractivity contribution in [1.29, 1.82) is 0 Å². The number of hydrogen-bond acceptors (Lipinski definition) is 5. The number of amides is 2. The van der Waals surface area contributed by atoms with Crippen LogP contribution in [-0.4, -0.2) is 61.1 Å². The first kappa shape index (κ1) is 22.5. The van der Waals surface area contributed by atoms with E-state index < -0.39 is 0 Å². The average Bonchev–Trinajstić information content (AvgIpc) is 3.40. The number of carbonyl (C=O) groups excluding carboxylic acids is 2. The van der Waals surface area contributed by atoms with Crippen LogP contribution in [0.1, 0.15) is 28.8 Å². The van der Waals surface area contributed by atoms with Crippen molar-refractivity contribution < 1.29 is 19.1 Å². The number of benzene rings is 1. The van der Waals surface area contributed by atoms with Crippen molar-refractivity contribution in [2.45, 2.75) is 39.0 Å². The molecule has 1 unspecified atom stereocenters. The Labute approximate surface area is 182 Å². The Balaban J connectivity index is 1.74. The summed E-state index contributed by atoms with van der Waals surface area (Å²) in [6.45, 7) is 4.21. The molecule has 162 valence electrons. The molecule has 1 aromatic heterocycles. The summed E-state index contributed by atoms with van der Waals surface area (Å²) in [6, 6.07) is 12.0. The summed E-state index contributed by atoms with van der Waals surface area (Å²) in [4.78, 5) is 30.5. The molecule has 30 heavy (non-hydrogen) atoms. The molecule has 0 bridgehead atoms. The van der Waals surface area contributed by atoms with Gasteiger partial charge in [-0.3, -0.25) is 9.59 Å². The third-order valence-corrected chi connectivity index (χ3v) is 6.27. The van der Waals surface area contributed by atoms with E-state index in [0.717, 1.165) is 23.3 Å². The summed E-state index contributed by atoms with van der Waals surface area (Å²) in [5.74, 6) is -0.262. The second kappa shape index (κ2) is 11.2. The molecule has 2 heterocycles. The Bertz CT molecular complexity index is 818. The first-order valence-corrected chi connectivity index (χ1v) is 11.2. The Morgan fingerprint density at radius 3 is 2.57 bits per heavy atom. The van der Waals surface area contributed by atoms with Gasteiger partial charge >= 0.3 is 0 Å². The summed E-state index contributed by atoms with van der Waals surface area (Å²) < 4.78 is 10.7. The standard InChI is InChI=1S/C23H30N2O4S/c1-18-10-12-30-21(18)15-24(13-19-7-4-3-5-8-19)22(26)16-25(23(27)17-28-2)14-20-9-6-11-29-20/h3-5,7-8,10,12,20H,6,9,11,13-17H2,1-2H3. The molecule has 1 atom stereocenters. The molecular weight excluding hydrogens is 400 g/mol. The number of aryl methyl sites for hydroxylation is 1. The Morgan fingerprint density at radius 1 is 1.13 bits per heavy atom. The molecule has 0 saturated carbocycles. The zero-order chi connectivity index (χ0) is 21.3. The van der Waals surface area contributed by atoms with E-state index in [1.807, 2.05) is 40.6 Å². The van der Waals surface area contributed by atoms with Gasteiger partial charge in [-0.05, 0) is 42.3 Å². The van der Waals surface area contributed by atoms with Gasteiger partial charge < -0.3 is 19.3 Å². The molecular formula is C23H30N2O4S. The minimum atomic E-state index is -0.187. The van der Waals surface area contributed by atoms with Gasteiger partial charge in [-0.25, -0.2) is 0 Å². The maximum atomic E-state index is 13.3. The van der Waals surface area contributed by atoms with E-state index >= 15 is 0 Å². The molecule has 7 heteroatoms. The molecule has 1 aliphatic heterocycles. The van der Waals surface area contributed by atoms with Gasteiger partial charge in [0.1, 0.15) is 6.61 Å². The molecule has 3 rings (SSSR count). The lowest BCUT2D eigenvalue weighted by molar-refractivity contribution is -0.144. The first-order chi connectivity index (χ1) is 14.6. The van der Waals surface area contributed by atoms with Gasteiger partial charge in [0.25, 0.3) is 0 Å². The molecule has 0 aliphatic carbocycles. The smallest absolute Gasteiger partial charge is 0.249 e. The van der Waals surface area contributed by atoms with Gasteiger partial charge in [-0.2, -0.15) is 0 Å². The van der Waals surface area contributed by atoms with Crippen LogP contribution in [0.3, 0.4) is 0 Å². The van der Waals surface area contributed by atoms with Gasteiger partial charge in [0.2, 0.25) is 11.8 Å². The lowest BCUT2D eigenvalue weighted by atomic mass is 10.2. The van der Waals surface area contributed by atoms with Crippen LogP contribution in [0.4, 0.5) is 0 Å². The number of carbonyl (C=O) groups is 2. The molecule has 2 aromatic rings. The van der Waals surface area contributed by atoms with E-state index in [0.29, 0.717) is 26.2 Å². The van der Waals surface area contributed by atoms with Gasteiger partial charge in [0.15, 0.2) is 0 Å². The van der Waals surface area contributed by atoms with E-state index in [4.69, 9.17) is 9.47 Å². The summed E-state index contributed by atoms with van der Waals surface area (Å²) in [5, 5.41) is 2.04. The highest BCUT2D eigenvalue weighted by molar-refractivity contribution is 7.10. The molecule has 0 radical (unpaired) electrons. The number of ether oxygens (including phenoxy) is 2. The van der Waals surface area contributed by atoms with Crippen molar-refractivity contribution in [3.8, 4) is 0 Å². The zero-order valence-corrected chi connectivity index (χ0v) is 18.5. The lowest BCUT2D eigenvalue weighted by Gasteiger charge is -2.29. The molecule has 2 amide bonds. The second-order valence-electron chi connectivity index (χ2n) is 7.60. The van der Waals surface area contributed by atoms with Crippen molar-refractivity contribution >= 4 is 23.2 Å². The van der Waals surface area contributed by atoms with Crippen LogP contribution >= 0.6 is 11.3 Å². The molecule has 0 N–H and O–H groups in total. The topological polar surface area (TPSA) is 59.1 Å². The van der Waals surface area contributed by atoms with Crippen LogP contribution in [0.25, 0.3) is 0 Å². The van der Waals surface area contributed by atoms with Crippen LogP contribution in [0.15, 0.2) is 41.8 Å². The quantitative estimate of drug-likeness (QED) is 0.581. The summed E-state index contributed by atoms with van der Waals surface area (Å²) >= 11 is 1.65. The fraction of sp³-hybridized carbons (Fsp3) is 0.478. The van der Waals surface area contributed by atoms with E-state index in [-0.39, 0.29) is 31.1 Å². The maximum Gasteiger partial charge on any atom is 0.249 e. The molecule has 1 aromatic carbocycles. The van der Waals surface area contributed by atoms with Gasteiger partial charge in [-0.1, -0.05) is 30.3 Å². The summed E-state index contributed by atoms with van der Waals surface area (Å²) in [6.07, 6.45) is 1.89. The lowest BCUT2D eigenvalue weighted by Crippen LogP contribution is -2.46. The number of thiophene rings is 1.